The Labute approximate surface area is 181 Å². The van der Waals surface area contributed by atoms with Gasteiger partial charge in [0.1, 0.15) is 5.82 Å². The number of rotatable bonds is 3. The summed E-state index contributed by atoms with van der Waals surface area (Å²) in [6.07, 6.45) is 1.65. The second-order valence-electron chi connectivity index (χ2n) is 7.14. The maximum Gasteiger partial charge on any atom is 0.271 e. The van der Waals surface area contributed by atoms with Crippen molar-refractivity contribution in [2.75, 3.05) is 4.90 Å². The van der Waals surface area contributed by atoms with Crippen LogP contribution in [0.2, 0.25) is 0 Å². The zero-order valence-electron chi connectivity index (χ0n) is 15.8. The highest BCUT2D eigenvalue weighted by atomic mass is 79.9. The summed E-state index contributed by atoms with van der Waals surface area (Å²) >= 11 is 3.41. The molecule has 1 unspecified atom stereocenters. The van der Waals surface area contributed by atoms with E-state index >= 15 is 0 Å². The van der Waals surface area contributed by atoms with Crippen molar-refractivity contribution in [3.05, 3.63) is 91.3 Å². The van der Waals surface area contributed by atoms with E-state index in [0.717, 1.165) is 10.0 Å². The van der Waals surface area contributed by atoms with E-state index in [9.17, 15) is 20.2 Å². The van der Waals surface area contributed by atoms with Crippen LogP contribution in [0.4, 0.5) is 11.4 Å². The van der Waals surface area contributed by atoms with Gasteiger partial charge in [-0.3, -0.25) is 19.8 Å². The van der Waals surface area contributed by atoms with Gasteiger partial charge in [-0.2, -0.15) is 5.26 Å². The van der Waals surface area contributed by atoms with Crippen molar-refractivity contribution in [3.63, 3.8) is 0 Å². The fourth-order valence-corrected chi connectivity index (χ4v) is 4.38. The van der Waals surface area contributed by atoms with Gasteiger partial charge in [-0.1, -0.05) is 34.1 Å². The number of ketones is 1. The zero-order valence-corrected chi connectivity index (χ0v) is 17.4. The van der Waals surface area contributed by atoms with Gasteiger partial charge in [-0.05, 0) is 36.6 Å². The fourth-order valence-electron chi connectivity index (χ4n) is 4.12. The van der Waals surface area contributed by atoms with Crippen LogP contribution < -0.4 is 10.6 Å². The third-order valence-corrected chi connectivity index (χ3v) is 5.94. The number of nitriles is 1. The topological polar surface area (TPSA) is 113 Å². The van der Waals surface area contributed by atoms with Gasteiger partial charge in [-0.15, -0.1) is 0 Å². The molecule has 1 aliphatic carbocycles. The van der Waals surface area contributed by atoms with Crippen molar-refractivity contribution < 1.29 is 9.72 Å². The SMILES string of the molecule is N#CC1=C(N)N(c2cccc([N+](=O)[O-])c2)C2=C(C(=O)CCC2)C1c1ccc(Br)cc1. The molecule has 0 bridgehead atoms. The normalized spacial score (nSPS) is 18.9. The Balaban J connectivity index is 1.95. The van der Waals surface area contributed by atoms with Crippen molar-refractivity contribution in [1.29, 1.82) is 5.26 Å². The van der Waals surface area contributed by atoms with E-state index in [1.165, 1.54) is 12.1 Å². The molecule has 2 N–H and O–H groups in total. The van der Waals surface area contributed by atoms with Gasteiger partial charge in [0.15, 0.2) is 5.78 Å². The minimum atomic E-state index is -0.555. The number of hydrogen-bond acceptors (Lipinski definition) is 6. The first-order chi connectivity index (χ1) is 14.4. The summed E-state index contributed by atoms with van der Waals surface area (Å²) in [4.78, 5) is 25.4. The molecule has 2 aromatic rings. The van der Waals surface area contributed by atoms with Crippen LogP contribution in [0.1, 0.15) is 30.7 Å². The van der Waals surface area contributed by atoms with Crippen LogP contribution in [0.25, 0.3) is 0 Å². The molecule has 7 nitrogen and oxygen atoms in total. The molecule has 4 rings (SSSR count). The first kappa shape index (κ1) is 19.9. The molecule has 0 saturated carbocycles. The van der Waals surface area contributed by atoms with Gasteiger partial charge in [0, 0.05) is 34.3 Å². The van der Waals surface area contributed by atoms with Crippen LogP contribution in [-0.2, 0) is 4.79 Å². The monoisotopic (exact) mass is 464 g/mol. The first-order valence-electron chi connectivity index (χ1n) is 9.38. The molecule has 0 aromatic heterocycles. The van der Waals surface area contributed by atoms with Crippen LogP contribution in [0.5, 0.6) is 0 Å². The van der Waals surface area contributed by atoms with Gasteiger partial charge in [0.2, 0.25) is 0 Å². The molecule has 8 heteroatoms. The molecule has 30 heavy (non-hydrogen) atoms. The number of carbonyl (C=O) groups is 1. The predicted molar refractivity (Wildman–Crippen MR) is 115 cm³/mol. The number of nitro groups is 1. The maximum absolute atomic E-state index is 13.0. The van der Waals surface area contributed by atoms with E-state index in [1.54, 1.807) is 17.0 Å². The lowest BCUT2D eigenvalue weighted by molar-refractivity contribution is -0.384. The van der Waals surface area contributed by atoms with Crippen molar-refractivity contribution in [2.45, 2.75) is 25.2 Å². The van der Waals surface area contributed by atoms with Crippen molar-refractivity contribution in [2.24, 2.45) is 5.73 Å². The lowest BCUT2D eigenvalue weighted by Crippen LogP contribution is -2.38. The molecule has 0 radical (unpaired) electrons. The number of nitro benzene ring substituents is 1. The molecule has 0 amide bonds. The Kier molecular flexibility index (Phi) is 5.14. The first-order valence-corrected chi connectivity index (χ1v) is 10.2. The number of non-ortho nitro benzene ring substituents is 1. The number of carbonyl (C=O) groups excluding carboxylic acids is 1. The standard InChI is InChI=1S/C22H17BrN4O3/c23-14-9-7-13(8-10-14)20-17(12-24)22(25)26(18-5-2-6-19(28)21(18)20)15-3-1-4-16(11-15)27(29)30/h1,3-4,7-11,20H,2,5-6,25H2. The highest BCUT2D eigenvalue weighted by Crippen LogP contribution is 2.46. The van der Waals surface area contributed by atoms with Crippen molar-refractivity contribution >= 4 is 33.1 Å². The van der Waals surface area contributed by atoms with E-state index < -0.39 is 10.8 Å². The van der Waals surface area contributed by atoms with E-state index in [0.29, 0.717) is 36.2 Å². The number of hydrogen-bond donors (Lipinski definition) is 1. The summed E-state index contributed by atoms with van der Waals surface area (Å²) in [6, 6.07) is 15.7. The highest BCUT2D eigenvalue weighted by Gasteiger charge is 2.40. The van der Waals surface area contributed by atoms with Crippen LogP contribution in [0.3, 0.4) is 0 Å². The summed E-state index contributed by atoms with van der Waals surface area (Å²) in [6.45, 7) is 0. The average Bonchev–Trinajstić information content (AvgIpc) is 2.74. The molecule has 1 heterocycles. The Hall–Kier alpha value is -3.44. The Morgan fingerprint density at radius 1 is 1.20 bits per heavy atom. The molecule has 0 fully saturated rings. The highest BCUT2D eigenvalue weighted by molar-refractivity contribution is 9.10. The number of allylic oxidation sites excluding steroid dienone is 3. The summed E-state index contributed by atoms with van der Waals surface area (Å²) < 4.78 is 0.889. The van der Waals surface area contributed by atoms with E-state index in [1.807, 2.05) is 24.3 Å². The van der Waals surface area contributed by atoms with Crippen LogP contribution in [0, 0.1) is 21.4 Å². The minimum absolute atomic E-state index is 0.0279. The van der Waals surface area contributed by atoms with Crippen LogP contribution in [-0.4, -0.2) is 10.7 Å². The van der Waals surface area contributed by atoms with E-state index in [2.05, 4.69) is 22.0 Å². The molecule has 1 aliphatic heterocycles. The van der Waals surface area contributed by atoms with Crippen molar-refractivity contribution in [3.8, 4) is 6.07 Å². The van der Waals surface area contributed by atoms with Crippen molar-refractivity contribution in [1.82, 2.24) is 0 Å². The molecule has 150 valence electrons. The summed E-state index contributed by atoms with van der Waals surface area (Å²) in [5, 5.41) is 21.2. The third-order valence-electron chi connectivity index (χ3n) is 5.42. The zero-order chi connectivity index (χ0) is 21.4. The third kappa shape index (κ3) is 3.27. The molecular formula is C22H17BrN4O3. The number of anilines is 1. The maximum atomic E-state index is 13.0. The van der Waals surface area contributed by atoms with Gasteiger partial charge in [0.25, 0.3) is 5.69 Å². The largest absolute Gasteiger partial charge is 0.384 e. The van der Waals surface area contributed by atoms with E-state index in [4.69, 9.17) is 5.73 Å². The number of Topliss-reactive ketones (excluding diaryl/α,β-unsaturated/α-hetero) is 1. The lowest BCUT2D eigenvalue weighted by atomic mass is 9.75. The molecule has 2 aliphatic rings. The summed E-state index contributed by atoms with van der Waals surface area (Å²) in [5.74, 6) is -0.389. The molecule has 2 aromatic carbocycles. The number of nitrogens with two attached hydrogens (primary N) is 1. The van der Waals surface area contributed by atoms with Gasteiger partial charge in [-0.25, -0.2) is 0 Å². The second kappa shape index (κ2) is 7.76. The molecule has 0 spiro atoms. The summed E-state index contributed by atoms with van der Waals surface area (Å²) in [7, 11) is 0. The Bertz CT molecular complexity index is 1160. The number of halogens is 1. The van der Waals surface area contributed by atoms with Crippen LogP contribution in [0.15, 0.2) is 75.7 Å². The number of benzene rings is 2. The number of nitrogens with zero attached hydrogens (tertiary/aromatic N) is 3. The Morgan fingerprint density at radius 3 is 2.60 bits per heavy atom. The van der Waals surface area contributed by atoms with Crippen LogP contribution >= 0.6 is 15.9 Å². The van der Waals surface area contributed by atoms with Gasteiger partial charge >= 0.3 is 0 Å². The smallest absolute Gasteiger partial charge is 0.271 e. The molecule has 1 atom stereocenters. The minimum Gasteiger partial charge on any atom is -0.384 e. The second-order valence-corrected chi connectivity index (χ2v) is 8.06. The lowest BCUT2D eigenvalue weighted by Gasteiger charge is -2.39. The predicted octanol–water partition coefficient (Wildman–Crippen LogP) is 4.66. The van der Waals surface area contributed by atoms with Gasteiger partial charge in [0.05, 0.1) is 28.2 Å². The average molecular weight is 465 g/mol. The van der Waals surface area contributed by atoms with Gasteiger partial charge < -0.3 is 5.73 Å². The van der Waals surface area contributed by atoms with E-state index in [-0.39, 0.29) is 22.9 Å². The summed E-state index contributed by atoms with van der Waals surface area (Å²) in [5.41, 5.74) is 9.15. The quantitative estimate of drug-likeness (QED) is 0.521. The Morgan fingerprint density at radius 2 is 1.93 bits per heavy atom. The molecular weight excluding hydrogens is 448 g/mol. The fraction of sp³-hybridized carbons (Fsp3) is 0.182. The molecule has 0 saturated heterocycles.